The van der Waals surface area contributed by atoms with Crippen molar-refractivity contribution in [2.75, 3.05) is 7.11 Å². The molecule has 0 bridgehead atoms. The number of hydrogen-bond donors (Lipinski definition) is 2. The number of aromatic hydroxyl groups is 1. The van der Waals surface area contributed by atoms with Crippen LogP contribution in [-0.2, 0) is 4.79 Å². The highest BCUT2D eigenvalue weighted by Crippen LogP contribution is 2.66. The second kappa shape index (κ2) is 5.63. The second-order valence-electron chi connectivity index (χ2n) is 6.50. The number of nitrogens with zero attached hydrogens (tertiary/aromatic N) is 1. The SMILES string of the molecule is COc1cc(/C=N\NC(=O)C2C3CCCCC32C)ccc1O. The van der Waals surface area contributed by atoms with Crippen LogP contribution in [0, 0.1) is 17.3 Å². The Kier molecular flexibility index (Phi) is 3.81. The van der Waals surface area contributed by atoms with Crippen molar-refractivity contribution in [3.63, 3.8) is 0 Å². The van der Waals surface area contributed by atoms with Crippen molar-refractivity contribution in [1.29, 1.82) is 0 Å². The minimum absolute atomic E-state index is 0.0244. The van der Waals surface area contributed by atoms with Gasteiger partial charge in [-0.2, -0.15) is 5.10 Å². The summed E-state index contributed by atoms with van der Waals surface area (Å²) in [4.78, 5) is 12.3. The van der Waals surface area contributed by atoms with E-state index in [1.165, 1.54) is 20.0 Å². The summed E-state index contributed by atoms with van der Waals surface area (Å²) in [5, 5.41) is 13.6. The number of phenolic OH excluding ortho intramolecular Hbond substituents is 1. The first-order valence-corrected chi connectivity index (χ1v) is 7.76. The van der Waals surface area contributed by atoms with Gasteiger partial charge in [-0.3, -0.25) is 4.79 Å². The summed E-state index contributed by atoms with van der Waals surface area (Å²) in [6.07, 6.45) is 6.34. The molecule has 1 aromatic rings. The fourth-order valence-corrected chi connectivity index (χ4v) is 3.86. The summed E-state index contributed by atoms with van der Waals surface area (Å²) in [7, 11) is 1.49. The van der Waals surface area contributed by atoms with E-state index < -0.39 is 0 Å². The molecular weight excluding hydrogens is 280 g/mol. The van der Waals surface area contributed by atoms with Crippen LogP contribution in [0.1, 0.15) is 38.2 Å². The maximum Gasteiger partial charge on any atom is 0.244 e. The lowest BCUT2D eigenvalue weighted by Crippen LogP contribution is -2.22. The number of rotatable bonds is 4. The Morgan fingerprint density at radius 1 is 1.50 bits per heavy atom. The minimum atomic E-state index is 0.0244. The van der Waals surface area contributed by atoms with E-state index in [1.54, 1.807) is 24.4 Å². The zero-order valence-electron chi connectivity index (χ0n) is 13.0. The van der Waals surface area contributed by atoms with Gasteiger partial charge in [-0.05, 0) is 47.9 Å². The predicted molar refractivity (Wildman–Crippen MR) is 84.0 cm³/mol. The van der Waals surface area contributed by atoms with Crippen LogP contribution in [0.25, 0.3) is 0 Å². The van der Waals surface area contributed by atoms with Crippen LogP contribution >= 0.6 is 0 Å². The van der Waals surface area contributed by atoms with Crippen LogP contribution in [-0.4, -0.2) is 24.3 Å². The Morgan fingerprint density at radius 2 is 2.32 bits per heavy atom. The van der Waals surface area contributed by atoms with Gasteiger partial charge in [-0.15, -0.1) is 0 Å². The third-order valence-corrected chi connectivity index (χ3v) is 5.21. The molecule has 5 nitrogen and oxygen atoms in total. The number of methoxy groups -OCH3 is 1. The standard InChI is InChI=1S/C17H22N2O3/c1-17-8-4-3-5-12(17)15(17)16(21)19-18-10-11-6-7-13(20)14(9-11)22-2/h6-7,9-10,12,15,20H,3-5,8H2,1-2H3,(H,19,21)/b18-10-. The Morgan fingerprint density at radius 3 is 3.00 bits per heavy atom. The van der Waals surface area contributed by atoms with E-state index in [2.05, 4.69) is 17.5 Å². The molecule has 2 fully saturated rings. The summed E-state index contributed by atoms with van der Waals surface area (Å²) in [6.45, 7) is 2.22. The third kappa shape index (κ3) is 2.56. The molecule has 0 heterocycles. The van der Waals surface area contributed by atoms with Crippen molar-refractivity contribution in [3.8, 4) is 11.5 Å². The van der Waals surface area contributed by atoms with Crippen molar-refractivity contribution in [2.24, 2.45) is 22.4 Å². The molecule has 0 radical (unpaired) electrons. The Labute approximate surface area is 130 Å². The Bertz CT molecular complexity index is 614. The van der Waals surface area contributed by atoms with E-state index in [1.807, 2.05) is 0 Å². The Balaban J connectivity index is 1.59. The van der Waals surface area contributed by atoms with E-state index in [9.17, 15) is 9.90 Å². The summed E-state index contributed by atoms with van der Waals surface area (Å²) < 4.78 is 5.04. The van der Waals surface area contributed by atoms with Gasteiger partial charge in [0.2, 0.25) is 5.91 Å². The fourth-order valence-electron chi connectivity index (χ4n) is 3.86. The summed E-state index contributed by atoms with van der Waals surface area (Å²) in [6, 6.07) is 4.92. The van der Waals surface area contributed by atoms with Gasteiger partial charge in [0.15, 0.2) is 11.5 Å². The van der Waals surface area contributed by atoms with Crippen molar-refractivity contribution < 1.29 is 14.6 Å². The smallest absolute Gasteiger partial charge is 0.244 e. The summed E-state index contributed by atoms with van der Waals surface area (Å²) in [5.41, 5.74) is 3.61. The molecule has 2 aliphatic carbocycles. The fraction of sp³-hybridized carbons (Fsp3) is 0.529. The van der Waals surface area contributed by atoms with Gasteiger partial charge in [0.1, 0.15) is 0 Å². The maximum atomic E-state index is 12.3. The highest BCUT2D eigenvalue weighted by Gasteiger charge is 2.64. The highest BCUT2D eigenvalue weighted by molar-refractivity contribution is 5.86. The van der Waals surface area contributed by atoms with E-state index in [0.29, 0.717) is 11.7 Å². The molecule has 3 atom stereocenters. The lowest BCUT2D eigenvalue weighted by Gasteiger charge is -2.15. The molecule has 2 aliphatic rings. The number of nitrogens with one attached hydrogen (secondary N) is 1. The van der Waals surface area contributed by atoms with E-state index in [0.717, 1.165) is 18.4 Å². The van der Waals surface area contributed by atoms with Gasteiger partial charge in [-0.1, -0.05) is 19.8 Å². The topological polar surface area (TPSA) is 70.9 Å². The third-order valence-electron chi connectivity index (χ3n) is 5.21. The normalized spacial score (nSPS) is 29.9. The first-order valence-electron chi connectivity index (χ1n) is 7.76. The van der Waals surface area contributed by atoms with Crippen molar-refractivity contribution in [3.05, 3.63) is 23.8 Å². The van der Waals surface area contributed by atoms with Crippen molar-refractivity contribution in [1.82, 2.24) is 5.43 Å². The number of benzene rings is 1. The number of ether oxygens (including phenoxy) is 1. The van der Waals surface area contributed by atoms with Crippen LogP contribution in [0.4, 0.5) is 0 Å². The number of hydrazone groups is 1. The summed E-state index contributed by atoms with van der Waals surface area (Å²) in [5.74, 6) is 1.14. The zero-order chi connectivity index (χ0) is 15.7. The number of phenols is 1. The molecule has 0 saturated heterocycles. The van der Waals surface area contributed by atoms with Crippen LogP contribution in [0.5, 0.6) is 11.5 Å². The van der Waals surface area contributed by atoms with E-state index in [-0.39, 0.29) is 23.0 Å². The molecule has 2 saturated carbocycles. The van der Waals surface area contributed by atoms with E-state index >= 15 is 0 Å². The number of carbonyl (C=O) groups is 1. The van der Waals surface area contributed by atoms with Crippen LogP contribution < -0.4 is 10.2 Å². The number of amides is 1. The molecule has 3 rings (SSSR count). The Hall–Kier alpha value is -2.04. The van der Waals surface area contributed by atoms with Gasteiger partial charge in [-0.25, -0.2) is 5.43 Å². The largest absolute Gasteiger partial charge is 0.504 e. The predicted octanol–water partition coefficient (Wildman–Crippen LogP) is 2.68. The maximum absolute atomic E-state index is 12.3. The van der Waals surface area contributed by atoms with Gasteiger partial charge in [0.25, 0.3) is 0 Å². The average Bonchev–Trinajstić information content (AvgIpc) is 3.14. The van der Waals surface area contributed by atoms with Crippen LogP contribution in [0.2, 0.25) is 0 Å². The van der Waals surface area contributed by atoms with E-state index in [4.69, 9.17) is 4.74 Å². The van der Waals surface area contributed by atoms with Crippen molar-refractivity contribution >= 4 is 12.1 Å². The number of carbonyl (C=O) groups excluding carboxylic acids is 1. The minimum Gasteiger partial charge on any atom is -0.504 e. The lowest BCUT2D eigenvalue weighted by molar-refractivity contribution is -0.123. The average molecular weight is 302 g/mol. The summed E-state index contributed by atoms with van der Waals surface area (Å²) >= 11 is 0. The molecule has 1 amide bonds. The molecule has 0 aromatic heterocycles. The quantitative estimate of drug-likeness (QED) is 0.663. The van der Waals surface area contributed by atoms with Gasteiger partial charge < -0.3 is 9.84 Å². The van der Waals surface area contributed by atoms with Crippen molar-refractivity contribution in [2.45, 2.75) is 32.6 Å². The van der Waals surface area contributed by atoms with Gasteiger partial charge >= 0.3 is 0 Å². The molecule has 1 aromatic carbocycles. The molecule has 22 heavy (non-hydrogen) atoms. The number of fused-ring (bicyclic) bond motifs is 1. The molecule has 5 heteroatoms. The van der Waals surface area contributed by atoms with Gasteiger partial charge in [0, 0.05) is 5.92 Å². The monoisotopic (exact) mass is 302 g/mol. The molecule has 2 N–H and O–H groups in total. The van der Waals surface area contributed by atoms with Gasteiger partial charge in [0.05, 0.1) is 13.3 Å². The lowest BCUT2D eigenvalue weighted by atomic mass is 9.90. The molecular formula is C17H22N2O3. The van der Waals surface area contributed by atoms with Crippen LogP contribution in [0.3, 0.4) is 0 Å². The first-order chi connectivity index (χ1) is 10.6. The molecule has 118 valence electrons. The first kappa shape index (κ1) is 14.9. The number of hydrogen-bond acceptors (Lipinski definition) is 4. The zero-order valence-corrected chi connectivity index (χ0v) is 13.0. The highest BCUT2D eigenvalue weighted by atomic mass is 16.5. The second-order valence-corrected chi connectivity index (χ2v) is 6.50. The molecule has 3 unspecified atom stereocenters. The molecule has 0 aliphatic heterocycles. The van der Waals surface area contributed by atoms with Crippen LogP contribution in [0.15, 0.2) is 23.3 Å². The molecule has 0 spiro atoms.